The average Bonchev–Trinajstić information content (AvgIpc) is 3.39. The van der Waals surface area contributed by atoms with E-state index < -0.39 is 0 Å². The Morgan fingerprint density at radius 2 is 1.67 bits per heavy atom. The Kier molecular flexibility index (Phi) is 7.63. The van der Waals surface area contributed by atoms with Crippen molar-refractivity contribution in [2.75, 3.05) is 31.5 Å². The van der Waals surface area contributed by atoms with Gasteiger partial charge in [-0.1, -0.05) is 29.8 Å². The minimum Gasteiger partial charge on any atom is -0.467 e. The Labute approximate surface area is 196 Å². The number of benzene rings is 2. The maximum atomic E-state index is 12.8. The Bertz CT molecular complexity index is 1070. The molecule has 1 amide bonds. The Hall–Kier alpha value is -3.31. The fraction of sp³-hybridized carbons (Fsp3) is 0.321. The molecule has 0 aliphatic carbocycles. The number of amides is 1. The molecule has 1 saturated heterocycles. The lowest BCUT2D eigenvalue weighted by atomic mass is 9.88. The molecule has 0 saturated carbocycles. The van der Waals surface area contributed by atoms with Crippen LogP contribution in [-0.2, 0) is 6.54 Å². The smallest absolute Gasteiger partial charge is 0.253 e. The van der Waals surface area contributed by atoms with Gasteiger partial charge in [0.15, 0.2) is 0 Å². The van der Waals surface area contributed by atoms with Gasteiger partial charge in [0.05, 0.1) is 12.8 Å². The summed E-state index contributed by atoms with van der Waals surface area (Å²) >= 11 is 0. The van der Waals surface area contributed by atoms with Crippen LogP contribution >= 0.6 is 0 Å². The molecule has 172 valence electrons. The zero-order chi connectivity index (χ0) is 23.0. The quantitative estimate of drug-likeness (QED) is 0.479. The number of furan rings is 1. The molecule has 33 heavy (non-hydrogen) atoms. The first-order valence-electron chi connectivity index (χ1n) is 11.9. The highest BCUT2D eigenvalue weighted by molar-refractivity contribution is 5.95. The van der Waals surface area contributed by atoms with Crippen LogP contribution < -0.4 is 10.6 Å². The van der Waals surface area contributed by atoms with Crippen LogP contribution in [0.5, 0.6) is 0 Å². The van der Waals surface area contributed by atoms with Gasteiger partial charge in [-0.15, -0.1) is 0 Å². The van der Waals surface area contributed by atoms with Crippen LogP contribution in [0.4, 0.5) is 5.69 Å². The first-order chi connectivity index (χ1) is 16.2. The summed E-state index contributed by atoms with van der Waals surface area (Å²) < 4.78 is 5.45. The van der Waals surface area contributed by atoms with E-state index >= 15 is 0 Å². The van der Waals surface area contributed by atoms with Gasteiger partial charge >= 0.3 is 0 Å². The molecular formula is C28H33N3O2. The van der Waals surface area contributed by atoms with Gasteiger partial charge in [-0.05, 0) is 92.9 Å². The summed E-state index contributed by atoms with van der Waals surface area (Å²) in [5, 5.41) is 6.93. The van der Waals surface area contributed by atoms with Crippen LogP contribution in [0.15, 0.2) is 76.9 Å². The lowest BCUT2D eigenvalue weighted by Crippen LogP contribution is -2.30. The van der Waals surface area contributed by atoms with Gasteiger partial charge < -0.3 is 20.0 Å². The summed E-state index contributed by atoms with van der Waals surface area (Å²) in [5.41, 5.74) is 6.89. The molecule has 1 aliphatic rings. The molecule has 2 heterocycles. The SMILES string of the molecule is CCN(CC)C(=O)c1ccc(C(=C2CCNCC2)c2cccc(NCc3ccco3)c2)cc1. The first kappa shape index (κ1) is 22.9. The lowest BCUT2D eigenvalue weighted by molar-refractivity contribution is 0.0773. The average molecular weight is 444 g/mol. The Morgan fingerprint density at radius 1 is 0.939 bits per heavy atom. The Balaban J connectivity index is 1.64. The normalized spacial score (nSPS) is 13.6. The molecule has 1 fully saturated rings. The number of nitrogens with one attached hydrogen (secondary N) is 2. The summed E-state index contributed by atoms with van der Waals surface area (Å²) in [6.45, 7) is 8.11. The standard InChI is InChI=1S/C28H33N3O2/c1-3-31(4-2)28(32)23-12-10-21(11-13-23)27(22-14-16-29-17-15-22)24-7-5-8-25(19-24)30-20-26-9-6-18-33-26/h5-13,18-19,29-30H,3-4,14-17,20H2,1-2H3. The van der Waals surface area contributed by atoms with E-state index in [1.165, 1.54) is 16.7 Å². The number of carbonyl (C=O) groups excluding carboxylic acids is 1. The van der Waals surface area contributed by atoms with Crippen molar-refractivity contribution < 1.29 is 9.21 Å². The summed E-state index contributed by atoms with van der Waals surface area (Å²) in [7, 11) is 0. The van der Waals surface area contributed by atoms with Crippen LogP contribution in [0.2, 0.25) is 0 Å². The van der Waals surface area contributed by atoms with Crippen molar-refractivity contribution >= 4 is 17.2 Å². The van der Waals surface area contributed by atoms with Gasteiger partial charge in [0, 0.05) is 24.3 Å². The van der Waals surface area contributed by atoms with E-state index in [0.29, 0.717) is 6.54 Å². The van der Waals surface area contributed by atoms with E-state index in [4.69, 9.17) is 4.42 Å². The predicted molar refractivity (Wildman–Crippen MR) is 134 cm³/mol. The number of rotatable bonds is 8. The number of carbonyl (C=O) groups is 1. The Morgan fingerprint density at radius 3 is 2.33 bits per heavy atom. The van der Waals surface area contributed by atoms with Gasteiger partial charge in [0.1, 0.15) is 5.76 Å². The zero-order valence-electron chi connectivity index (χ0n) is 19.6. The van der Waals surface area contributed by atoms with Crippen molar-refractivity contribution in [1.29, 1.82) is 0 Å². The third-order valence-electron chi connectivity index (χ3n) is 6.23. The molecule has 5 nitrogen and oxygen atoms in total. The molecule has 1 aromatic heterocycles. The molecular weight excluding hydrogens is 410 g/mol. The number of nitrogens with zero attached hydrogens (tertiary/aromatic N) is 1. The second kappa shape index (κ2) is 11.0. The summed E-state index contributed by atoms with van der Waals surface area (Å²) in [5.74, 6) is 0.998. The maximum absolute atomic E-state index is 12.8. The van der Waals surface area contributed by atoms with E-state index in [9.17, 15) is 4.79 Å². The van der Waals surface area contributed by atoms with Gasteiger partial charge in [-0.2, -0.15) is 0 Å². The molecule has 3 aromatic rings. The molecule has 0 unspecified atom stereocenters. The highest BCUT2D eigenvalue weighted by Crippen LogP contribution is 2.32. The molecule has 0 atom stereocenters. The highest BCUT2D eigenvalue weighted by atomic mass is 16.3. The van der Waals surface area contributed by atoms with Crippen LogP contribution in [0.3, 0.4) is 0 Å². The molecule has 0 spiro atoms. The summed E-state index contributed by atoms with van der Waals surface area (Å²) in [4.78, 5) is 14.6. The molecule has 2 aromatic carbocycles. The molecule has 2 N–H and O–H groups in total. The van der Waals surface area contributed by atoms with Crippen molar-refractivity contribution in [1.82, 2.24) is 10.2 Å². The van der Waals surface area contributed by atoms with Crippen molar-refractivity contribution in [3.63, 3.8) is 0 Å². The number of piperidine rings is 1. The number of hydrogen-bond donors (Lipinski definition) is 2. The van der Waals surface area contributed by atoms with Crippen LogP contribution in [0.25, 0.3) is 5.57 Å². The van der Waals surface area contributed by atoms with E-state index in [1.54, 1.807) is 6.26 Å². The largest absolute Gasteiger partial charge is 0.467 e. The monoisotopic (exact) mass is 443 g/mol. The van der Waals surface area contributed by atoms with Gasteiger partial charge in [0.25, 0.3) is 5.91 Å². The van der Waals surface area contributed by atoms with Gasteiger partial charge in [0.2, 0.25) is 0 Å². The van der Waals surface area contributed by atoms with E-state index in [-0.39, 0.29) is 5.91 Å². The number of hydrogen-bond acceptors (Lipinski definition) is 4. The highest BCUT2D eigenvalue weighted by Gasteiger charge is 2.17. The van der Waals surface area contributed by atoms with Gasteiger partial charge in [-0.3, -0.25) is 4.79 Å². The fourth-order valence-corrected chi connectivity index (χ4v) is 4.41. The molecule has 4 rings (SSSR count). The van der Waals surface area contributed by atoms with Gasteiger partial charge in [-0.25, -0.2) is 0 Å². The second-order valence-electron chi connectivity index (χ2n) is 8.30. The topological polar surface area (TPSA) is 57.5 Å². The fourth-order valence-electron chi connectivity index (χ4n) is 4.41. The molecule has 5 heteroatoms. The molecule has 0 bridgehead atoms. The van der Waals surface area contributed by atoms with Crippen LogP contribution in [-0.4, -0.2) is 37.0 Å². The van der Waals surface area contributed by atoms with E-state index in [2.05, 4.69) is 47.0 Å². The van der Waals surface area contributed by atoms with Crippen LogP contribution in [0, 0.1) is 0 Å². The van der Waals surface area contributed by atoms with E-state index in [0.717, 1.165) is 61.6 Å². The van der Waals surface area contributed by atoms with E-state index in [1.807, 2.05) is 43.0 Å². The minimum atomic E-state index is 0.0896. The third-order valence-corrected chi connectivity index (χ3v) is 6.23. The zero-order valence-corrected chi connectivity index (χ0v) is 19.6. The second-order valence-corrected chi connectivity index (χ2v) is 8.30. The maximum Gasteiger partial charge on any atom is 0.253 e. The number of anilines is 1. The summed E-state index contributed by atoms with van der Waals surface area (Å²) in [6, 6.07) is 20.6. The lowest BCUT2D eigenvalue weighted by Gasteiger charge is -2.22. The first-order valence-corrected chi connectivity index (χ1v) is 11.9. The molecule has 1 aliphatic heterocycles. The summed E-state index contributed by atoms with van der Waals surface area (Å²) in [6.07, 6.45) is 3.75. The predicted octanol–water partition coefficient (Wildman–Crippen LogP) is 5.56. The van der Waals surface area contributed by atoms with Crippen molar-refractivity contribution in [2.24, 2.45) is 0 Å². The van der Waals surface area contributed by atoms with Crippen molar-refractivity contribution in [2.45, 2.75) is 33.2 Å². The van der Waals surface area contributed by atoms with Crippen molar-refractivity contribution in [3.8, 4) is 0 Å². The minimum absolute atomic E-state index is 0.0896. The third kappa shape index (κ3) is 5.55. The molecule has 0 radical (unpaired) electrons. The van der Waals surface area contributed by atoms with Crippen LogP contribution in [0.1, 0.15) is 53.9 Å². The van der Waals surface area contributed by atoms with Crippen molar-refractivity contribution in [3.05, 3.63) is 95.0 Å².